The van der Waals surface area contributed by atoms with E-state index in [2.05, 4.69) is 15.2 Å². The number of hydrogen-bond donors (Lipinski definition) is 2. The fraction of sp³-hybridized carbons (Fsp3) is 0.353. The number of fused-ring (bicyclic) bond motifs is 5. The number of carbonyl (C=O) groups is 2. The zero-order valence-electron chi connectivity index (χ0n) is 14.0. The second-order valence-corrected chi connectivity index (χ2v) is 6.44. The van der Waals surface area contributed by atoms with Gasteiger partial charge in [-0.3, -0.25) is 9.48 Å². The summed E-state index contributed by atoms with van der Waals surface area (Å²) in [5, 5.41) is 7.36. The molecule has 2 aromatic rings. The standard InChI is InChI=1S/C17H15F3N4O3/c18-17(19,20)16(26)27-12-6-8-2-3-9-13(10(8)7-11(12)21)23-24-5-1-4-22-15(25)14(9)24/h6-7H,1-5,21H2,(H,22,25). The highest BCUT2D eigenvalue weighted by Crippen LogP contribution is 2.39. The Balaban J connectivity index is 1.76. The average molecular weight is 380 g/mol. The van der Waals surface area contributed by atoms with Crippen LogP contribution in [0, 0.1) is 0 Å². The number of aryl methyl sites for hydroxylation is 2. The molecule has 0 bridgehead atoms. The molecule has 1 aromatic carbocycles. The van der Waals surface area contributed by atoms with Gasteiger partial charge >= 0.3 is 12.1 Å². The van der Waals surface area contributed by atoms with E-state index in [4.69, 9.17) is 5.73 Å². The van der Waals surface area contributed by atoms with Gasteiger partial charge < -0.3 is 15.8 Å². The van der Waals surface area contributed by atoms with Gasteiger partial charge in [-0.05, 0) is 37.0 Å². The molecule has 10 heteroatoms. The molecule has 1 aliphatic carbocycles. The molecule has 1 aromatic heterocycles. The Bertz CT molecular complexity index is 965. The minimum Gasteiger partial charge on any atom is -0.418 e. The summed E-state index contributed by atoms with van der Waals surface area (Å²) in [4.78, 5) is 23.4. The van der Waals surface area contributed by atoms with Gasteiger partial charge in [-0.25, -0.2) is 4.79 Å². The van der Waals surface area contributed by atoms with Crippen LogP contribution in [-0.4, -0.2) is 34.4 Å². The number of anilines is 1. The van der Waals surface area contributed by atoms with Crippen molar-refractivity contribution >= 4 is 17.6 Å². The maximum absolute atomic E-state index is 12.4. The summed E-state index contributed by atoms with van der Waals surface area (Å²) >= 11 is 0. The number of nitrogens with zero attached hydrogens (tertiary/aromatic N) is 2. The van der Waals surface area contributed by atoms with Crippen molar-refractivity contribution in [2.24, 2.45) is 0 Å². The molecular weight excluding hydrogens is 365 g/mol. The molecular formula is C17H15F3N4O3. The zero-order chi connectivity index (χ0) is 19.3. The van der Waals surface area contributed by atoms with Crippen molar-refractivity contribution in [2.75, 3.05) is 12.3 Å². The highest BCUT2D eigenvalue weighted by molar-refractivity contribution is 5.96. The minimum absolute atomic E-state index is 0.105. The van der Waals surface area contributed by atoms with Gasteiger partial charge in [0.05, 0.1) is 11.4 Å². The minimum atomic E-state index is -5.11. The van der Waals surface area contributed by atoms with E-state index in [0.717, 1.165) is 12.0 Å². The summed E-state index contributed by atoms with van der Waals surface area (Å²) in [6.07, 6.45) is -3.39. The third kappa shape index (κ3) is 2.90. The number of esters is 1. The molecule has 7 nitrogen and oxygen atoms in total. The molecule has 0 radical (unpaired) electrons. The van der Waals surface area contributed by atoms with Crippen molar-refractivity contribution in [1.29, 1.82) is 0 Å². The second kappa shape index (κ2) is 6.00. The average Bonchev–Trinajstić information content (AvgIpc) is 2.87. The summed E-state index contributed by atoms with van der Waals surface area (Å²) < 4.78 is 43.4. The Morgan fingerprint density at radius 1 is 1.30 bits per heavy atom. The topological polar surface area (TPSA) is 99.2 Å². The SMILES string of the molecule is Nc1cc2c(cc1OC(=O)C(F)(F)F)CCc1c-2nn2c1C(=O)NCCC2. The number of nitrogen functional groups attached to an aromatic ring is 1. The van der Waals surface area contributed by atoms with E-state index in [-0.39, 0.29) is 17.3 Å². The van der Waals surface area contributed by atoms with Gasteiger partial charge in [0, 0.05) is 24.2 Å². The molecule has 0 spiro atoms. The molecule has 0 saturated carbocycles. The van der Waals surface area contributed by atoms with Gasteiger partial charge in [0.1, 0.15) is 5.69 Å². The second-order valence-electron chi connectivity index (χ2n) is 6.44. The largest absolute Gasteiger partial charge is 0.491 e. The lowest BCUT2D eigenvalue weighted by Gasteiger charge is -2.18. The first-order chi connectivity index (χ1) is 12.8. The fourth-order valence-corrected chi connectivity index (χ4v) is 3.45. The third-order valence-electron chi connectivity index (χ3n) is 4.67. The van der Waals surface area contributed by atoms with E-state index in [9.17, 15) is 22.8 Å². The Hall–Kier alpha value is -3.04. The lowest BCUT2D eigenvalue weighted by molar-refractivity contribution is -0.189. The van der Waals surface area contributed by atoms with Crippen LogP contribution in [0.1, 0.15) is 28.0 Å². The Labute approximate surface area is 151 Å². The van der Waals surface area contributed by atoms with Crippen LogP contribution in [-0.2, 0) is 24.2 Å². The smallest absolute Gasteiger partial charge is 0.418 e. The number of hydrogen-bond acceptors (Lipinski definition) is 5. The van der Waals surface area contributed by atoms with Gasteiger partial charge in [0.25, 0.3) is 5.91 Å². The predicted molar refractivity (Wildman–Crippen MR) is 88.1 cm³/mol. The van der Waals surface area contributed by atoms with Crippen LogP contribution in [0.2, 0.25) is 0 Å². The molecule has 3 N–H and O–H groups in total. The molecule has 1 amide bonds. The maximum atomic E-state index is 12.4. The van der Waals surface area contributed by atoms with Crippen molar-refractivity contribution in [3.63, 3.8) is 0 Å². The van der Waals surface area contributed by atoms with Gasteiger partial charge in [0.15, 0.2) is 5.75 Å². The molecule has 0 fully saturated rings. The normalized spacial score (nSPS) is 15.9. The van der Waals surface area contributed by atoms with Crippen LogP contribution in [0.5, 0.6) is 5.75 Å². The van der Waals surface area contributed by atoms with Crippen molar-refractivity contribution in [3.8, 4) is 17.0 Å². The molecule has 142 valence electrons. The van der Waals surface area contributed by atoms with Crippen LogP contribution in [0.25, 0.3) is 11.3 Å². The van der Waals surface area contributed by atoms with Gasteiger partial charge in [0.2, 0.25) is 0 Å². The van der Waals surface area contributed by atoms with Crippen molar-refractivity contribution in [3.05, 3.63) is 29.0 Å². The number of nitrogens with one attached hydrogen (secondary N) is 1. The Morgan fingerprint density at radius 3 is 2.81 bits per heavy atom. The molecule has 2 aliphatic rings. The Morgan fingerprint density at radius 2 is 2.07 bits per heavy atom. The van der Waals surface area contributed by atoms with E-state index >= 15 is 0 Å². The molecule has 0 saturated heterocycles. The van der Waals surface area contributed by atoms with E-state index in [1.165, 1.54) is 12.1 Å². The third-order valence-corrected chi connectivity index (χ3v) is 4.67. The zero-order valence-corrected chi connectivity index (χ0v) is 14.0. The van der Waals surface area contributed by atoms with Crippen LogP contribution in [0.15, 0.2) is 12.1 Å². The number of ether oxygens (including phenoxy) is 1. The number of alkyl halides is 3. The van der Waals surface area contributed by atoms with Gasteiger partial charge in [-0.1, -0.05) is 0 Å². The summed E-state index contributed by atoms with van der Waals surface area (Å²) in [6, 6.07) is 2.78. The number of benzene rings is 1. The lowest BCUT2D eigenvalue weighted by atomic mass is 9.88. The van der Waals surface area contributed by atoms with Gasteiger partial charge in [-0.15, -0.1) is 0 Å². The van der Waals surface area contributed by atoms with Crippen LogP contribution in [0.4, 0.5) is 18.9 Å². The van der Waals surface area contributed by atoms with Crippen molar-refractivity contribution in [1.82, 2.24) is 15.1 Å². The first kappa shape index (κ1) is 17.4. The molecule has 0 unspecified atom stereocenters. The maximum Gasteiger partial charge on any atom is 0.491 e. The highest BCUT2D eigenvalue weighted by atomic mass is 19.4. The molecule has 4 rings (SSSR count). The molecule has 2 heterocycles. The van der Waals surface area contributed by atoms with Crippen LogP contribution in [0.3, 0.4) is 0 Å². The monoisotopic (exact) mass is 380 g/mol. The molecule has 1 aliphatic heterocycles. The van der Waals surface area contributed by atoms with Crippen molar-refractivity contribution in [2.45, 2.75) is 32.0 Å². The van der Waals surface area contributed by atoms with Gasteiger partial charge in [-0.2, -0.15) is 18.3 Å². The van der Waals surface area contributed by atoms with E-state index in [1.807, 2.05) is 0 Å². The summed E-state index contributed by atoms with van der Waals surface area (Å²) in [6.45, 7) is 1.17. The highest BCUT2D eigenvalue weighted by Gasteiger charge is 2.42. The number of amides is 1. The van der Waals surface area contributed by atoms with Crippen LogP contribution < -0.4 is 15.8 Å². The number of rotatable bonds is 1. The summed E-state index contributed by atoms with van der Waals surface area (Å²) in [5.41, 5.74) is 8.89. The van der Waals surface area contributed by atoms with Crippen LogP contribution >= 0.6 is 0 Å². The lowest BCUT2D eigenvalue weighted by Crippen LogP contribution is -2.28. The number of aromatic nitrogens is 2. The number of halogens is 3. The van der Waals surface area contributed by atoms with Crippen molar-refractivity contribution < 1.29 is 27.5 Å². The first-order valence-corrected chi connectivity index (χ1v) is 8.35. The van der Waals surface area contributed by atoms with E-state index in [1.54, 1.807) is 4.68 Å². The molecule has 27 heavy (non-hydrogen) atoms. The quantitative estimate of drug-likeness (QED) is 0.447. The predicted octanol–water partition coefficient (Wildman–Crippen LogP) is 1.83. The molecule has 0 atom stereocenters. The number of nitrogens with two attached hydrogens (primary N) is 1. The van der Waals surface area contributed by atoms with E-state index < -0.39 is 12.1 Å². The fourth-order valence-electron chi connectivity index (χ4n) is 3.45. The summed E-state index contributed by atoms with van der Waals surface area (Å²) in [7, 11) is 0. The first-order valence-electron chi connectivity index (χ1n) is 8.35. The summed E-state index contributed by atoms with van der Waals surface area (Å²) in [5.74, 6) is -2.84. The van der Waals surface area contributed by atoms with E-state index in [0.29, 0.717) is 48.4 Å². The number of carbonyl (C=O) groups excluding carboxylic acids is 2. The Kier molecular flexibility index (Phi) is 3.86.